The Hall–Kier alpha value is -3.73. The quantitative estimate of drug-likeness (QED) is 0.420. The fraction of sp³-hybridized carbons (Fsp3) is 0.0435. The van der Waals surface area contributed by atoms with E-state index in [1.54, 1.807) is 24.3 Å². The first-order valence-electron chi connectivity index (χ1n) is 9.15. The Balaban J connectivity index is 1.54. The van der Waals surface area contributed by atoms with Gasteiger partial charge in [-0.05, 0) is 41.8 Å². The zero-order valence-electron chi connectivity index (χ0n) is 16.0. The number of rotatable bonds is 5. The van der Waals surface area contributed by atoms with E-state index in [4.69, 9.17) is 21.6 Å². The Morgan fingerprint density at radius 2 is 1.97 bits per heavy atom. The van der Waals surface area contributed by atoms with Gasteiger partial charge >= 0.3 is 5.97 Å². The van der Waals surface area contributed by atoms with Gasteiger partial charge in [-0.2, -0.15) is 5.26 Å². The summed E-state index contributed by atoms with van der Waals surface area (Å²) in [5.74, 6) is -1.22. The van der Waals surface area contributed by atoms with E-state index in [2.05, 4.69) is 10.3 Å². The molecule has 152 valence electrons. The van der Waals surface area contributed by atoms with Crippen molar-refractivity contribution in [2.75, 3.05) is 11.9 Å². The molecule has 0 saturated carbocycles. The summed E-state index contributed by atoms with van der Waals surface area (Å²) in [7, 11) is 0. The van der Waals surface area contributed by atoms with E-state index in [0.717, 1.165) is 4.88 Å². The molecule has 2 aromatic heterocycles. The van der Waals surface area contributed by atoms with Crippen LogP contribution in [0.1, 0.15) is 15.9 Å². The normalized spacial score (nSPS) is 10.5. The van der Waals surface area contributed by atoms with Crippen LogP contribution in [0.25, 0.3) is 21.5 Å². The van der Waals surface area contributed by atoms with E-state index in [0.29, 0.717) is 27.2 Å². The molecular weight excluding hydrogens is 434 g/mol. The average Bonchev–Trinajstić information content (AvgIpc) is 3.32. The molecule has 0 aliphatic rings. The minimum Gasteiger partial charge on any atom is -0.452 e. The second kappa shape index (κ2) is 8.96. The number of nitriles is 1. The van der Waals surface area contributed by atoms with Crippen LogP contribution in [0.5, 0.6) is 0 Å². The molecule has 0 bridgehead atoms. The molecule has 0 aliphatic carbocycles. The van der Waals surface area contributed by atoms with Crippen LogP contribution in [-0.4, -0.2) is 23.5 Å². The highest BCUT2D eigenvalue weighted by Crippen LogP contribution is 2.28. The van der Waals surface area contributed by atoms with Crippen molar-refractivity contribution in [3.8, 4) is 16.6 Å². The van der Waals surface area contributed by atoms with Crippen molar-refractivity contribution in [2.45, 2.75) is 0 Å². The molecule has 0 spiro atoms. The summed E-state index contributed by atoms with van der Waals surface area (Å²) in [5.41, 5.74) is 2.14. The Morgan fingerprint density at radius 1 is 1.13 bits per heavy atom. The van der Waals surface area contributed by atoms with Crippen LogP contribution in [0.15, 0.2) is 66.0 Å². The number of hydrogen-bond acceptors (Lipinski definition) is 6. The fourth-order valence-electron chi connectivity index (χ4n) is 3.01. The highest BCUT2D eigenvalue weighted by Gasteiger charge is 2.17. The molecule has 31 heavy (non-hydrogen) atoms. The number of pyridine rings is 1. The number of halogens is 1. The van der Waals surface area contributed by atoms with Gasteiger partial charge in [0.25, 0.3) is 5.91 Å². The van der Waals surface area contributed by atoms with E-state index in [9.17, 15) is 9.59 Å². The second-order valence-electron chi connectivity index (χ2n) is 6.48. The summed E-state index contributed by atoms with van der Waals surface area (Å²) >= 11 is 7.44. The molecular formula is C23H14ClN3O3S. The van der Waals surface area contributed by atoms with Gasteiger partial charge in [-0.3, -0.25) is 4.79 Å². The lowest BCUT2D eigenvalue weighted by atomic mass is 10.1. The lowest BCUT2D eigenvalue weighted by molar-refractivity contribution is -0.119. The number of amides is 1. The number of nitrogens with one attached hydrogen (secondary N) is 1. The molecule has 0 saturated heterocycles. The lowest BCUT2D eigenvalue weighted by Crippen LogP contribution is -2.21. The number of carbonyl (C=O) groups is 2. The van der Waals surface area contributed by atoms with E-state index >= 15 is 0 Å². The minimum atomic E-state index is -0.641. The Morgan fingerprint density at radius 3 is 2.74 bits per heavy atom. The van der Waals surface area contributed by atoms with Gasteiger partial charge in [0, 0.05) is 10.4 Å². The zero-order chi connectivity index (χ0) is 21.8. The monoisotopic (exact) mass is 447 g/mol. The fourth-order valence-corrected chi connectivity index (χ4v) is 3.87. The third-order valence-corrected chi connectivity index (χ3v) is 5.55. The van der Waals surface area contributed by atoms with E-state index in [1.165, 1.54) is 23.5 Å². The Labute approximate surface area is 186 Å². The zero-order valence-corrected chi connectivity index (χ0v) is 17.5. The van der Waals surface area contributed by atoms with Gasteiger partial charge in [-0.25, -0.2) is 9.78 Å². The van der Waals surface area contributed by atoms with Crippen molar-refractivity contribution < 1.29 is 14.3 Å². The van der Waals surface area contributed by atoms with Crippen LogP contribution in [-0.2, 0) is 9.53 Å². The van der Waals surface area contributed by atoms with Gasteiger partial charge in [-0.15, -0.1) is 11.3 Å². The second-order valence-corrected chi connectivity index (χ2v) is 7.86. The third kappa shape index (κ3) is 4.56. The number of nitrogens with zero attached hydrogens (tertiary/aromatic N) is 2. The van der Waals surface area contributed by atoms with Gasteiger partial charge in [0.1, 0.15) is 6.07 Å². The van der Waals surface area contributed by atoms with Crippen molar-refractivity contribution in [1.82, 2.24) is 4.98 Å². The topological polar surface area (TPSA) is 92.1 Å². The van der Waals surface area contributed by atoms with Crippen molar-refractivity contribution in [3.05, 3.63) is 82.2 Å². The Bertz CT molecular complexity index is 1330. The molecule has 8 heteroatoms. The third-order valence-electron chi connectivity index (χ3n) is 4.42. The molecule has 2 aromatic carbocycles. The largest absolute Gasteiger partial charge is 0.452 e. The predicted molar refractivity (Wildman–Crippen MR) is 120 cm³/mol. The first kappa shape index (κ1) is 20.5. The van der Waals surface area contributed by atoms with Crippen molar-refractivity contribution in [3.63, 3.8) is 0 Å². The van der Waals surface area contributed by atoms with Gasteiger partial charge in [-0.1, -0.05) is 35.9 Å². The number of carbonyl (C=O) groups excluding carboxylic acids is 2. The minimum absolute atomic E-state index is 0.254. The summed E-state index contributed by atoms with van der Waals surface area (Å²) in [6.45, 7) is -0.513. The van der Waals surface area contributed by atoms with Crippen LogP contribution in [0.3, 0.4) is 0 Å². The van der Waals surface area contributed by atoms with E-state index < -0.39 is 18.5 Å². The molecule has 1 amide bonds. The summed E-state index contributed by atoms with van der Waals surface area (Å²) in [6.07, 6.45) is 0. The number of ether oxygens (including phenoxy) is 1. The summed E-state index contributed by atoms with van der Waals surface area (Å²) in [4.78, 5) is 30.6. The first-order chi connectivity index (χ1) is 15.0. The maximum absolute atomic E-state index is 12.8. The average molecular weight is 448 g/mol. The van der Waals surface area contributed by atoms with Crippen molar-refractivity contribution in [1.29, 1.82) is 5.26 Å². The molecule has 4 aromatic rings. The molecule has 0 radical (unpaired) electrons. The molecule has 0 fully saturated rings. The van der Waals surface area contributed by atoms with Crippen LogP contribution in [0.4, 0.5) is 5.69 Å². The van der Waals surface area contributed by atoms with Crippen LogP contribution in [0.2, 0.25) is 5.02 Å². The molecule has 0 atom stereocenters. The number of para-hydroxylation sites is 1. The van der Waals surface area contributed by atoms with Crippen LogP contribution >= 0.6 is 22.9 Å². The molecule has 4 rings (SSSR count). The molecule has 2 heterocycles. The van der Waals surface area contributed by atoms with Crippen LogP contribution in [0, 0.1) is 11.3 Å². The first-order valence-corrected chi connectivity index (χ1v) is 10.4. The summed E-state index contributed by atoms with van der Waals surface area (Å²) in [6, 6.07) is 19.2. The molecule has 0 aliphatic heterocycles. The van der Waals surface area contributed by atoms with Gasteiger partial charge in [0.15, 0.2) is 6.61 Å². The summed E-state index contributed by atoms with van der Waals surface area (Å²) in [5, 5.41) is 14.6. The lowest BCUT2D eigenvalue weighted by Gasteiger charge is -2.10. The molecule has 1 N–H and O–H groups in total. The number of esters is 1. The molecule has 0 unspecified atom stereocenters. The SMILES string of the molecule is N#Cc1ccc(Cl)cc1NC(=O)COC(=O)c1cc(-c2cccs2)nc2ccccc12. The van der Waals surface area contributed by atoms with E-state index in [-0.39, 0.29) is 11.3 Å². The van der Waals surface area contributed by atoms with Crippen molar-refractivity contribution >= 4 is 51.4 Å². The number of hydrogen-bond donors (Lipinski definition) is 1. The maximum Gasteiger partial charge on any atom is 0.339 e. The molecule has 6 nitrogen and oxygen atoms in total. The van der Waals surface area contributed by atoms with Gasteiger partial charge in [0.2, 0.25) is 0 Å². The highest BCUT2D eigenvalue weighted by atomic mass is 35.5. The van der Waals surface area contributed by atoms with Gasteiger partial charge < -0.3 is 10.1 Å². The predicted octanol–water partition coefficient (Wildman–Crippen LogP) is 5.28. The number of aromatic nitrogens is 1. The summed E-state index contributed by atoms with van der Waals surface area (Å²) < 4.78 is 5.26. The number of benzene rings is 2. The van der Waals surface area contributed by atoms with Crippen molar-refractivity contribution in [2.24, 2.45) is 0 Å². The van der Waals surface area contributed by atoms with Crippen LogP contribution < -0.4 is 5.32 Å². The number of anilines is 1. The standard InChI is InChI=1S/C23H14ClN3O3S/c24-15-8-7-14(12-25)19(10-15)27-22(28)13-30-23(29)17-11-20(21-6-3-9-31-21)26-18-5-2-1-4-16(17)18/h1-11H,13H2,(H,27,28). The van der Waals surface area contributed by atoms with Gasteiger partial charge in [0.05, 0.1) is 32.9 Å². The highest BCUT2D eigenvalue weighted by molar-refractivity contribution is 7.13. The maximum atomic E-state index is 12.8. The smallest absolute Gasteiger partial charge is 0.339 e. The van der Waals surface area contributed by atoms with E-state index in [1.807, 2.05) is 35.7 Å². The number of fused-ring (bicyclic) bond motifs is 1. The number of thiophene rings is 1. The Kier molecular flexibility index (Phi) is 5.94.